The molecule has 8 heteroatoms. The Labute approximate surface area is 198 Å². The number of methoxy groups -OCH3 is 1. The number of likely N-dealkylation sites (tertiary alicyclic amines) is 1. The van der Waals surface area contributed by atoms with Gasteiger partial charge in [0.25, 0.3) is 17.7 Å². The van der Waals surface area contributed by atoms with Gasteiger partial charge in [-0.2, -0.15) is 0 Å². The maximum atomic E-state index is 13.2. The number of hydrogen-bond acceptors (Lipinski definition) is 5. The summed E-state index contributed by atoms with van der Waals surface area (Å²) in [5.74, 6) is -0.417. The van der Waals surface area contributed by atoms with Crippen molar-refractivity contribution in [3.8, 4) is 5.75 Å². The Kier molecular flexibility index (Phi) is 6.42. The lowest BCUT2D eigenvalue weighted by Gasteiger charge is -2.31. The van der Waals surface area contributed by atoms with Crippen molar-refractivity contribution in [3.05, 3.63) is 64.3 Å². The van der Waals surface area contributed by atoms with Crippen molar-refractivity contribution < 1.29 is 19.1 Å². The number of imide groups is 1. The summed E-state index contributed by atoms with van der Waals surface area (Å²) in [5, 5.41) is 2.74. The van der Waals surface area contributed by atoms with Gasteiger partial charge < -0.3 is 15.0 Å². The molecule has 1 saturated heterocycles. The summed E-state index contributed by atoms with van der Waals surface area (Å²) in [6.45, 7) is 5.46. The number of halogens is 1. The zero-order valence-electron chi connectivity index (χ0n) is 18.9. The fourth-order valence-corrected chi connectivity index (χ4v) is 4.45. The van der Waals surface area contributed by atoms with E-state index in [0.29, 0.717) is 28.6 Å². The van der Waals surface area contributed by atoms with Crippen LogP contribution in [0.15, 0.2) is 53.2 Å². The lowest BCUT2D eigenvalue weighted by Crippen LogP contribution is -2.39. The molecule has 1 unspecified atom stereocenters. The molecule has 2 heterocycles. The minimum Gasteiger partial charge on any atom is -0.495 e. The number of benzene rings is 2. The Morgan fingerprint density at radius 1 is 1.15 bits per heavy atom. The molecule has 1 atom stereocenters. The van der Waals surface area contributed by atoms with Gasteiger partial charge in [0.1, 0.15) is 16.5 Å². The molecular formula is C25H26ClN3O4. The van der Waals surface area contributed by atoms with E-state index in [0.717, 1.165) is 36.4 Å². The second-order valence-electron chi connectivity index (χ2n) is 8.51. The van der Waals surface area contributed by atoms with Gasteiger partial charge in [0, 0.05) is 24.3 Å². The highest BCUT2D eigenvalue weighted by atomic mass is 35.5. The Hall–Kier alpha value is -3.32. The van der Waals surface area contributed by atoms with Crippen LogP contribution >= 0.6 is 11.6 Å². The second-order valence-corrected chi connectivity index (χ2v) is 8.89. The summed E-state index contributed by atoms with van der Waals surface area (Å²) in [7, 11) is 1.47. The standard InChI is InChI=1S/C25H26ClN3O4/c1-15-9-10-20(33-3)19(12-15)29-24(31)21(26)22(25(29)32)27-18-8-4-7-17(13-18)23(30)28-11-5-6-16(2)14-28/h4,7-10,12-13,16,27H,5-6,11,14H2,1-3H3. The number of carbonyl (C=O) groups excluding carboxylic acids is 3. The van der Waals surface area contributed by atoms with E-state index in [1.165, 1.54) is 7.11 Å². The molecule has 1 N–H and O–H groups in total. The number of amides is 3. The minimum absolute atomic E-state index is 0.0404. The van der Waals surface area contributed by atoms with Gasteiger partial charge in [0.05, 0.1) is 12.8 Å². The highest BCUT2D eigenvalue weighted by molar-refractivity contribution is 6.53. The Morgan fingerprint density at radius 2 is 1.94 bits per heavy atom. The molecule has 0 spiro atoms. The Morgan fingerprint density at radius 3 is 2.67 bits per heavy atom. The van der Waals surface area contributed by atoms with Gasteiger partial charge in [-0.25, -0.2) is 4.90 Å². The van der Waals surface area contributed by atoms with E-state index in [2.05, 4.69) is 12.2 Å². The molecule has 33 heavy (non-hydrogen) atoms. The van der Waals surface area contributed by atoms with Crippen LogP contribution < -0.4 is 15.0 Å². The third-order valence-electron chi connectivity index (χ3n) is 5.93. The smallest absolute Gasteiger partial charge is 0.283 e. The van der Waals surface area contributed by atoms with E-state index >= 15 is 0 Å². The topological polar surface area (TPSA) is 79.0 Å². The van der Waals surface area contributed by atoms with Gasteiger partial charge in [0.15, 0.2) is 0 Å². The van der Waals surface area contributed by atoms with E-state index in [4.69, 9.17) is 16.3 Å². The highest BCUT2D eigenvalue weighted by Crippen LogP contribution is 2.36. The molecule has 7 nitrogen and oxygen atoms in total. The normalized spacial score (nSPS) is 18.7. The maximum absolute atomic E-state index is 13.2. The fraction of sp³-hybridized carbons (Fsp3) is 0.320. The van der Waals surface area contributed by atoms with Gasteiger partial charge in [-0.15, -0.1) is 0 Å². The van der Waals surface area contributed by atoms with Gasteiger partial charge in [-0.3, -0.25) is 14.4 Å². The summed E-state index contributed by atoms with van der Waals surface area (Å²) >= 11 is 6.28. The van der Waals surface area contributed by atoms with E-state index in [1.807, 2.05) is 17.9 Å². The molecule has 2 aliphatic heterocycles. The summed E-state index contributed by atoms with van der Waals surface area (Å²) in [6.07, 6.45) is 2.11. The van der Waals surface area contributed by atoms with Crippen LogP contribution in [0, 0.1) is 12.8 Å². The molecule has 1 fully saturated rings. The first-order chi connectivity index (χ1) is 15.8. The number of anilines is 2. The van der Waals surface area contributed by atoms with E-state index in [9.17, 15) is 14.4 Å². The number of aryl methyl sites for hydroxylation is 1. The molecule has 2 aromatic carbocycles. The zero-order chi connectivity index (χ0) is 23.7. The molecule has 0 radical (unpaired) electrons. The number of hydrogen-bond donors (Lipinski definition) is 1. The molecule has 3 amide bonds. The van der Waals surface area contributed by atoms with Gasteiger partial charge in [-0.1, -0.05) is 30.7 Å². The van der Waals surface area contributed by atoms with Crippen molar-refractivity contribution in [1.29, 1.82) is 0 Å². The SMILES string of the molecule is COc1ccc(C)cc1N1C(=O)C(Cl)=C(Nc2cccc(C(=O)N3CCCC(C)C3)c2)C1=O. The molecular weight excluding hydrogens is 442 g/mol. The molecule has 4 rings (SSSR count). The average molecular weight is 468 g/mol. The molecule has 0 aromatic heterocycles. The summed E-state index contributed by atoms with van der Waals surface area (Å²) in [6, 6.07) is 12.1. The monoisotopic (exact) mass is 467 g/mol. The third kappa shape index (κ3) is 4.46. The van der Waals surface area contributed by atoms with Crippen molar-refractivity contribution in [2.45, 2.75) is 26.7 Å². The lowest BCUT2D eigenvalue weighted by atomic mass is 9.99. The first-order valence-corrected chi connectivity index (χ1v) is 11.3. The quantitative estimate of drug-likeness (QED) is 0.663. The predicted octanol–water partition coefficient (Wildman–Crippen LogP) is 4.31. The number of nitrogens with zero attached hydrogens (tertiary/aromatic N) is 2. The van der Waals surface area contributed by atoms with Crippen LogP contribution in [0.25, 0.3) is 0 Å². The van der Waals surface area contributed by atoms with E-state index in [-0.39, 0.29) is 16.6 Å². The van der Waals surface area contributed by atoms with Crippen molar-refractivity contribution in [1.82, 2.24) is 4.90 Å². The molecule has 0 saturated carbocycles. The van der Waals surface area contributed by atoms with Crippen LogP contribution in [0.4, 0.5) is 11.4 Å². The van der Waals surface area contributed by atoms with Crippen molar-refractivity contribution in [3.63, 3.8) is 0 Å². The van der Waals surface area contributed by atoms with Crippen molar-refractivity contribution >= 4 is 40.7 Å². The van der Waals surface area contributed by atoms with Crippen LogP contribution in [0.1, 0.15) is 35.7 Å². The predicted molar refractivity (Wildman–Crippen MR) is 127 cm³/mol. The van der Waals surface area contributed by atoms with Gasteiger partial charge >= 0.3 is 0 Å². The number of rotatable bonds is 5. The third-order valence-corrected chi connectivity index (χ3v) is 6.28. The maximum Gasteiger partial charge on any atom is 0.283 e. The highest BCUT2D eigenvalue weighted by Gasteiger charge is 2.40. The molecule has 2 aromatic rings. The summed E-state index contributed by atoms with van der Waals surface area (Å²) in [4.78, 5) is 41.9. The largest absolute Gasteiger partial charge is 0.495 e. The van der Waals surface area contributed by atoms with Crippen LogP contribution in [-0.4, -0.2) is 42.8 Å². The van der Waals surface area contributed by atoms with Crippen LogP contribution in [-0.2, 0) is 9.59 Å². The van der Waals surface area contributed by atoms with Gasteiger partial charge in [0.2, 0.25) is 0 Å². The molecule has 2 aliphatic rings. The molecule has 172 valence electrons. The zero-order valence-corrected chi connectivity index (χ0v) is 19.6. The average Bonchev–Trinajstić information content (AvgIpc) is 3.01. The van der Waals surface area contributed by atoms with Crippen molar-refractivity contribution in [2.24, 2.45) is 5.92 Å². The number of nitrogens with one attached hydrogen (secondary N) is 1. The molecule has 0 bridgehead atoms. The molecule has 0 aliphatic carbocycles. The summed E-state index contributed by atoms with van der Waals surface area (Å²) in [5.41, 5.74) is 2.16. The first kappa shape index (κ1) is 22.9. The number of carbonyl (C=O) groups is 3. The van der Waals surface area contributed by atoms with E-state index in [1.54, 1.807) is 36.4 Å². The van der Waals surface area contributed by atoms with Crippen LogP contribution in [0.5, 0.6) is 5.75 Å². The van der Waals surface area contributed by atoms with E-state index < -0.39 is 11.8 Å². The van der Waals surface area contributed by atoms with Crippen molar-refractivity contribution in [2.75, 3.05) is 30.4 Å². The fourth-order valence-electron chi connectivity index (χ4n) is 4.24. The summed E-state index contributed by atoms with van der Waals surface area (Å²) < 4.78 is 5.34. The number of ether oxygens (including phenoxy) is 1. The first-order valence-electron chi connectivity index (χ1n) is 10.9. The van der Waals surface area contributed by atoms with Crippen LogP contribution in [0.2, 0.25) is 0 Å². The second kappa shape index (κ2) is 9.27. The number of piperidine rings is 1. The lowest BCUT2D eigenvalue weighted by molar-refractivity contribution is -0.120. The minimum atomic E-state index is -0.636. The Balaban J connectivity index is 1.58. The Bertz CT molecular complexity index is 1160. The van der Waals surface area contributed by atoms with Gasteiger partial charge in [-0.05, 0) is 61.6 Å². The van der Waals surface area contributed by atoms with Crippen LogP contribution in [0.3, 0.4) is 0 Å².